The molecule has 0 atom stereocenters. The number of rotatable bonds is 5. The van der Waals surface area contributed by atoms with E-state index in [1.165, 1.54) is 49.2 Å². The lowest BCUT2D eigenvalue weighted by Crippen LogP contribution is -2.08. The van der Waals surface area contributed by atoms with Crippen molar-refractivity contribution in [2.45, 2.75) is 46.0 Å². The Morgan fingerprint density at radius 1 is 1.27 bits per heavy atom. The summed E-state index contributed by atoms with van der Waals surface area (Å²) in [6.45, 7) is 4.25. The molecule has 1 fully saturated rings. The summed E-state index contributed by atoms with van der Waals surface area (Å²) in [5.74, 6) is 3.57. The fourth-order valence-corrected chi connectivity index (χ4v) is 3.02. The van der Waals surface area contributed by atoms with Gasteiger partial charge in [0.25, 0.3) is 0 Å². The van der Waals surface area contributed by atoms with Crippen LogP contribution in [0.3, 0.4) is 0 Å². The molecule has 0 amide bonds. The summed E-state index contributed by atoms with van der Waals surface area (Å²) in [6.07, 6.45) is 14.0. The summed E-state index contributed by atoms with van der Waals surface area (Å²) in [6, 6.07) is 0. The summed E-state index contributed by atoms with van der Waals surface area (Å²) < 4.78 is 0. The van der Waals surface area contributed by atoms with E-state index in [1.54, 1.807) is 0 Å². The van der Waals surface area contributed by atoms with Gasteiger partial charge in [-0.15, -0.1) is 0 Å². The molecule has 0 bridgehead atoms. The van der Waals surface area contributed by atoms with Gasteiger partial charge in [0.2, 0.25) is 0 Å². The van der Waals surface area contributed by atoms with Crippen LogP contribution in [-0.2, 0) is 0 Å². The first-order valence-corrected chi connectivity index (χ1v) is 7.35. The zero-order chi connectivity index (χ0) is 10.9. The molecule has 0 radical (unpaired) electrons. The van der Waals surface area contributed by atoms with Crippen LogP contribution in [0.4, 0.5) is 0 Å². The highest BCUT2D eigenvalue weighted by molar-refractivity contribution is 7.99. The Hall–Kier alpha value is -0.170. The van der Waals surface area contributed by atoms with E-state index in [-0.39, 0.29) is 0 Å². The maximum atomic E-state index is 2.29. The van der Waals surface area contributed by atoms with Gasteiger partial charge in [0.15, 0.2) is 0 Å². The Morgan fingerprint density at radius 2 is 2.00 bits per heavy atom. The highest BCUT2D eigenvalue weighted by Crippen LogP contribution is 2.26. The number of allylic oxidation sites excluding steroid dienone is 3. The minimum atomic E-state index is 1.01. The van der Waals surface area contributed by atoms with Crippen LogP contribution in [0.2, 0.25) is 0 Å². The van der Waals surface area contributed by atoms with Crippen LogP contribution in [-0.4, -0.2) is 11.5 Å². The molecule has 0 aliphatic heterocycles. The van der Waals surface area contributed by atoms with Gasteiger partial charge in [-0.3, -0.25) is 0 Å². The number of hydrogen-bond acceptors (Lipinski definition) is 1. The lowest BCUT2D eigenvalue weighted by molar-refractivity contribution is 0.391. The molecule has 1 rings (SSSR count). The lowest BCUT2D eigenvalue weighted by Gasteiger charge is -2.20. The van der Waals surface area contributed by atoms with Crippen molar-refractivity contribution in [2.24, 2.45) is 5.92 Å². The van der Waals surface area contributed by atoms with Crippen LogP contribution in [0.5, 0.6) is 0 Å². The topological polar surface area (TPSA) is 0 Å². The minimum Gasteiger partial charge on any atom is -0.158 e. The fraction of sp³-hybridized carbons (Fsp3) is 0.714. The van der Waals surface area contributed by atoms with Crippen molar-refractivity contribution in [3.05, 3.63) is 23.8 Å². The zero-order valence-corrected chi connectivity index (χ0v) is 11.0. The molecular formula is C14H24S. The first-order valence-electron chi connectivity index (χ1n) is 6.20. The van der Waals surface area contributed by atoms with Crippen molar-refractivity contribution in [3.8, 4) is 0 Å². The molecule has 15 heavy (non-hydrogen) atoms. The molecule has 1 heteroatoms. The monoisotopic (exact) mass is 224 g/mol. The van der Waals surface area contributed by atoms with Gasteiger partial charge >= 0.3 is 0 Å². The maximum absolute atomic E-state index is 2.29. The molecule has 1 aliphatic carbocycles. The van der Waals surface area contributed by atoms with Gasteiger partial charge in [-0.25, -0.2) is 0 Å². The fourth-order valence-electron chi connectivity index (χ4n) is 1.99. The van der Waals surface area contributed by atoms with Gasteiger partial charge in [-0.05, 0) is 38.4 Å². The Balaban J connectivity index is 2.03. The molecule has 0 N–H and O–H groups in total. The van der Waals surface area contributed by atoms with Crippen molar-refractivity contribution in [2.75, 3.05) is 11.5 Å². The van der Waals surface area contributed by atoms with Crippen LogP contribution >= 0.6 is 11.8 Å². The van der Waals surface area contributed by atoms with Crippen LogP contribution in [0.25, 0.3) is 0 Å². The first-order chi connectivity index (χ1) is 7.33. The quantitative estimate of drug-likeness (QED) is 0.476. The predicted molar refractivity (Wildman–Crippen MR) is 72.5 cm³/mol. The van der Waals surface area contributed by atoms with Crippen molar-refractivity contribution in [1.29, 1.82) is 0 Å². The molecule has 0 aromatic rings. The molecule has 0 saturated heterocycles. The average molecular weight is 224 g/mol. The van der Waals surface area contributed by atoms with Gasteiger partial charge in [-0.1, -0.05) is 43.1 Å². The van der Waals surface area contributed by atoms with E-state index in [9.17, 15) is 0 Å². The molecule has 0 aromatic heterocycles. The highest BCUT2D eigenvalue weighted by Gasteiger charge is 2.12. The largest absolute Gasteiger partial charge is 0.158 e. The predicted octanol–water partition coefficient (Wildman–Crippen LogP) is 4.82. The Labute approximate surface area is 99.2 Å². The lowest BCUT2D eigenvalue weighted by atomic mass is 9.91. The van der Waals surface area contributed by atoms with Crippen LogP contribution in [0.15, 0.2) is 23.8 Å². The van der Waals surface area contributed by atoms with Crippen molar-refractivity contribution < 1.29 is 0 Å². The Bertz CT molecular complexity index is 209. The van der Waals surface area contributed by atoms with Crippen LogP contribution in [0.1, 0.15) is 46.0 Å². The standard InChI is InChI=1S/C14H24S/c1-3-13(2)8-7-11-15-12-14-9-5-4-6-10-14/h3,7-8,14H,4-6,9-12H2,1-2H3/b8-7-,13-3-. The molecule has 0 unspecified atom stereocenters. The molecule has 0 heterocycles. The third-order valence-electron chi connectivity index (χ3n) is 3.13. The summed E-state index contributed by atoms with van der Waals surface area (Å²) in [5, 5.41) is 0. The zero-order valence-electron chi connectivity index (χ0n) is 10.2. The van der Waals surface area contributed by atoms with Crippen molar-refractivity contribution in [3.63, 3.8) is 0 Å². The van der Waals surface area contributed by atoms with E-state index in [1.807, 2.05) is 0 Å². The molecule has 0 aromatic carbocycles. The molecule has 1 aliphatic rings. The van der Waals surface area contributed by atoms with Crippen molar-refractivity contribution in [1.82, 2.24) is 0 Å². The van der Waals surface area contributed by atoms with Gasteiger partial charge < -0.3 is 0 Å². The maximum Gasteiger partial charge on any atom is 0.0116 e. The second-order valence-electron chi connectivity index (χ2n) is 4.48. The molecule has 1 saturated carbocycles. The van der Waals surface area contributed by atoms with Gasteiger partial charge in [-0.2, -0.15) is 11.8 Å². The summed E-state index contributed by atoms with van der Waals surface area (Å²) in [5.41, 5.74) is 1.37. The van der Waals surface area contributed by atoms with Gasteiger partial charge in [0.05, 0.1) is 0 Å². The SMILES string of the molecule is C/C=C(C)\C=C/CSCC1CCCCC1. The molecular weight excluding hydrogens is 200 g/mol. The van der Waals surface area contributed by atoms with E-state index >= 15 is 0 Å². The van der Waals surface area contributed by atoms with Gasteiger partial charge in [0.1, 0.15) is 0 Å². The molecule has 0 spiro atoms. The number of thioether (sulfide) groups is 1. The molecule has 0 nitrogen and oxygen atoms in total. The average Bonchev–Trinajstić information content (AvgIpc) is 2.29. The minimum absolute atomic E-state index is 1.01. The summed E-state index contributed by atoms with van der Waals surface area (Å²) >= 11 is 2.10. The normalized spacial score (nSPS) is 20.0. The summed E-state index contributed by atoms with van der Waals surface area (Å²) in [7, 11) is 0. The van der Waals surface area contributed by atoms with Crippen LogP contribution < -0.4 is 0 Å². The smallest absolute Gasteiger partial charge is 0.0116 e. The second kappa shape index (κ2) is 8.04. The second-order valence-corrected chi connectivity index (χ2v) is 5.55. The van der Waals surface area contributed by atoms with E-state index in [2.05, 4.69) is 43.8 Å². The van der Waals surface area contributed by atoms with E-state index in [0.29, 0.717) is 0 Å². The van der Waals surface area contributed by atoms with E-state index in [4.69, 9.17) is 0 Å². The number of hydrogen-bond donors (Lipinski definition) is 0. The Kier molecular flexibility index (Phi) is 6.91. The third-order valence-corrected chi connectivity index (χ3v) is 4.26. The van der Waals surface area contributed by atoms with Gasteiger partial charge in [0, 0.05) is 5.75 Å². The molecule has 86 valence electrons. The first kappa shape index (κ1) is 12.9. The van der Waals surface area contributed by atoms with Crippen molar-refractivity contribution >= 4 is 11.8 Å². The summed E-state index contributed by atoms with van der Waals surface area (Å²) in [4.78, 5) is 0. The Morgan fingerprint density at radius 3 is 2.67 bits per heavy atom. The highest BCUT2D eigenvalue weighted by atomic mass is 32.2. The third kappa shape index (κ3) is 6.09. The van der Waals surface area contributed by atoms with E-state index < -0.39 is 0 Å². The van der Waals surface area contributed by atoms with E-state index in [0.717, 1.165) is 5.92 Å². The van der Waals surface area contributed by atoms with Crippen LogP contribution in [0, 0.1) is 5.92 Å².